The van der Waals surface area contributed by atoms with Crippen LogP contribution in [0.3, 0.4) is 0 Å². The Kier molecular flexibility index (Phi) is 10.9. The highest BCUT2D eigenvalue weighted by Gasteiger charge is 2.34. The van der Waals surface area contributed by atoms with Crippen LogP contribution in [0.1, 0.15) is 62.3 Å². The largest absolute Gasteiger partial charge is 0.477 e. The first-order chi connectivity index (χ1) is 17.3. The van der Waals surface area contributed by atoms with Crippen molar-refractivity contribution in [3.05, 3.63) is 56.8 Å². The maximum atomic E-state index is 13.7. The van der Waals surface area contributed by atoms with E-state index in [4.69, 9.17) is 32.7 Å². The Morgan fingerprint density at radius 1 is 1.39 bits per heavy atom. The number of aliphatic hydroxyl groups is 1. The van der Waals surface area contributed by atoms with E-state index in [9.17, 15) is 9.90 Å². The number of aromatic nitrogens is 1. The number of aliphatic hydroxyl groups excluding tert-OH is 1. The van der Waals surface area contributed by atoms with Crippen molar-refractivity contribution in [3.8, 4) is 5.88 Å². The van der Waals surface area contributed by atoms with Crippen LogP contribution in [-0.2, 0) is 16.1 Å². The molecule has 2 aliphatic heterocycles. The van der Waals surface area contributed by atoms with Gasteiger partial charge in [0.1, 0.15) is 0 Å². The number of aryl methyl sites for hydroxylation is 2. The maximum Gasteiger partial charge on any atom is 0.251 e. The van der Waals surface area contributed by atoms with Gasteiger partial charge in [-0.1, -0.05) is 43.1 Å². The lowest BCUT2D eigenvalue weighted by Gasteiger charge is -2.31. The number of carbonyl (C=O) groups excluding carboxylic acids is 1. The van der Waals surface area contributed by atoms with E-state index in [-0.39, 0.29) is 29.6 Å². The minimum absolute atomic E-state index is 0.124. The van der Waals surface area contributed by atoms with Gasteiger partial charge in [0.05, 0.1) is 30.9 Å². The second-order valence-electron chi connectivity index (χ2n) is 9.58. The Labute approximate surface area is 225 Å². The van der Waals surface area contributed by atoms with Crippen LogP contribution in [0, 0.1) is 19.8 Å². The van der Waals surface area contributed by atoms with E-state index < -0.39 is 0 Å². The van der Waals surface area contributed by atoms with Crippen LogP contribution in [0.5, 0.6) is 5.88 Å². The molecule has 198 valence electrons. The highest BCUT2D eigenvalue weighted by molar-refractivity contribution is 6.35. The van der Waals surface area contributed by atoms with E-state index in [2.05, 4.69) is 18.5 Å². The third kappa shape index (κ3) is 7.12. The normalized spacial score (nSPS) is 21.1. The Morgan fingerprint density at radius 2 is 2.17 bits per heavy atom. The van der Waals surface area contributed by atoms with Crippen molar-refractivity contribution in [2.24, 2.45) is 5.92 Å². The van der Waals surface area contributed by atoms with Crippen LogP contribution < -0.4 is 4.74 Å². The van der Waals surface area contributed by atoms with Crippen molar-refractivity contribution in [1.82, 2.24) is 9.88 Å². The summed E-state index contributed by atoms with van der Waals surface area (Å²) in [6, 6.07) is 2.01. The van der Waals surface area contributed by atoms with Gasteiger partial charge in [-0.05, 0) is 69.2 Å². The Hall–Kier alpha value is -1.86. The van der Waals surface area contributed by atoms with Crippen LogP contribution in [0.4, 0.5) is 0 Å². The van der Waals surface area contributed by atoms with Crippen LogP contribution in [0.2, 0.25) is 0 Å². The minimum Gasteiger partial charge on any atom is -0.477 e. The van der Waals surface area contributed by atoms with Crippen LogP contribution in [0.25, 0.3) is 0 Å². The molecule has 0 spiro atoms. The van der Waals surface area contributed by atoms with Gasteiger partial charge in [-0.2, -0.15) is 0 Å². The molecule has 1 unspecified atom stereocenters. The number of hydrogen-bond acceptors (Lipinski definition) is 5. The molecule has 2 fully saturated rings. The third-order valence-corrected chi connectivity index (χ3v) is 7.32. The number of amides is 1. The molecule has 2 aliphatic rings. The third-order valence-electron chi connectivity index (χ3n) is 6.76. The van der Waals surface area contributed by atoms with E-state index in [1.54, 1.807) is 11.0 Å². The minimum atomic E-state index is -0.381. The maximum absolute atomic E-state index is 13.7. The molecule has 0 saturated carbocycles. The van der Waals surface area contributed by atoms with Crippen molar-refractivity contribution in [3.63, 3.8) is 0 Å². The first-order valence-corrected chi connectivity index (χ1v) is 13.6. The molecule has 8 heteroatoms. The van der Waals surface area contributed by atoms with Crippen LogP contribution in [-0.4, -0.2) is 53.4 Å². The quantitative estimate of drug-likeness (QED) is 0.214. The molecule has 6 nitrogen and oxygen atoms in total. The number of pyridine rings is 1. The van der Waals surface area contributed by atoms with Crippen molar-refractivity contribution in [2.45, 2.75) is 71.9 Å². The molecule has 1 aromatic rings. The topological polar surface area (TPSA) is 71.9 Å². The Balaban J connectivity index is 1.92. The lowest BCUT2D eigenvalue weighted by molar-refractivity contribution is -0.129. The van der Waals surface area contributed by atoms with Crippen molar-refractivity contribution < 1.29 is 19.4 Å². The zero-order valence-electron chi connectivity index (χ0n) is 21.6. The molecule has 1 N–H and O–H groups in total. The SMILES string of the molecule is C=C(Cl)/C=C(\C(Cl)=C1/CCCN(Cc2c(C)cc(C)nc2OCCCC)C1=O)[C@H](CO)C1CCCO1. The lowest BCUT2D eigenvalue weighted by Crippen LogP contribution is -2.37. The van der Waals surface area contributed by atoms with Gasteiger partial charge in [0.15, 0.2) is 0 Å². The van der Waals surface area contributed by atoms with E-state index in [0.717, 1.165) is 48.9 Å². The average Bonchev–Trinajstić information content (AvgIpc) is 3.36. The number of carbonyl (C=O) groups is 1. The van der Waals surface area contributed by atoms with E-state index >= 15 is 0 Å². The summed E-state index contributed by atoms with van der Waals surface area (Å²) >= 11 is 13.1. The molecule has 3 heterocycles. The van der Waals surface area contributed by atoms with Gasteiger partial charge in [-0.15, -0.1) is 0 Å². The van der Waals surface area contributed by atoms with Gasteiger partial charge in [0.2, 0.25) is 5.88 Å². The van der Waals surface area contributed by atoms with E-state index in [0.29, 0.717) is 54.8 Å². The summed E-state index contributed by atoms with van der Waals surface area (Å²) < 4.78 is 11.9. The first kappa shape index (κ1) is 28.7. The van der Waals surface area contributed by atoms with Gasteiger partial charge in [0.25, 0.3) is 5.91 Å². The lowest BCUT2D eigenvalue weighted by atomic mass is 9.88. The Bertz CT molecular complexity index is 1020. The molecular weight excluding hydrogens is 499 g/mol. The van der Waals surface area contributed by atoms with Crippen LogP contribution >= 0.6 is 23.2 Å². The van der Waals surface area contributed by atoms with E-state index in [1.165, 1.54) is 0 Å². The predicted octanol–water partition coefficient (Wildman–Crippen LogP) is 5.96. The number of rotatable bonds is 11. The number of nitrogens with zero attached hydrogens (tertiary/aromatic N) is 2. The molecular formula is C28H38Cl2N2O4. The van der Waals surface area contributed by atoms with Gasteiger partial charge >= 0.3 is 0 Å². The fourth-order valence-electron chi connectivity index (χ4n) is 4.86. The summed E-state index contributed by atoms with van der Waals surface area (Å²) in [5, 5.41) is 10.8. The first-order valence-electron chi connectivity index (χ1n) is 12.8. The summed E-state index contributed by atoms with van der Waals surface area (Å²) in [6.45, 7) is 11.9. The van der Waals surface area contributed by atoms with E-state index in [1.807, 2.05) is 19.9 Å². The number of piperidine rings is 1. The summed E-state index contributed by atoms with van der Waals surface area (Å²) in [5.74, 6) is 0.0860. The number of halogens is 2. The molecule has 1 amide bonds. The molecule has 3 rings (SSSR count). The average molecular weight is 538 g/mol. The van der Waals surface area contributed by atoms with Crippen LogP contribution in [0.15, 0.2) is 39.9 Å². The highest BCUT2D eigenvalue weighted by atomic mass is 35.5. The second kappa shape index (κ2) is 13.6. The number of unbranched alkanes of at least 4 members (excludes halogenated alkanes) is 1. The van der Waals surface area contributed by atoms with Crippen molar-refractivity contribution in [1.29, 1.82) is 0 Å². The zero-order chi connectivity index (χ0) is 26.2. The summed E-state index contributed by atoms with van der Waals surface area (Å²) in [7, 11) is 0. The molecule has 1 aromatic heterocycles. The number of allylic oxidation sites excluding steroid dienone is 3. The molecule has 0 aromatic carbocycles. The molecule has 2 atom stereocenters. The Morgan fingerprint density at radius 3 is 2.81 bits per heavy atom. The molecule has 2 saturated heterocycles. The number of ether oxygens (including phenoxy) is 2. The summed E-state index contributed by atoms with van der Waals surface area (Å²) in [6.07, 6.45) is 6.51. The second-order valence-corrected chi connectivity index (χ2v) is 10.4. The van der Waals surface area contributed by atoms with Gasteiger partial charge < -0.3 is 19.5 Å². The predicted molar refractivity (Wildman–Crippen MR) is 144 cm³/mol. The zero-order valence-corrected chi connectivity index (χ0v) is 23.1. The highest BCUT2D eigenvalue weighted by Crippen LogP contribution is 2.37. The van der Waals surface area contributed by atoms with Gasteiger partial charge in [-0.3, -0.25) is 4.79 Å². The number of likely N-dealkylation sites (tertiary alicyclic amines) is 1. The van der Waals surface area contributed by atoms with Crippen molar-refractivity contribution in [2.75, 3.05) is 26.4 Å². The van der Waals surface area contributed by atoms with Gasteiger partial charge in [-0.25, -0.2) is 4.98 Å². The standard InChI is InChI=1S/C28H38Cl2N2O4/c1-5-6-12-36-27-23(18(2)14-20(4)31-27)16-32-11-7-9-21(28(32)34)26(30)22(15-19(3)29)24(17-33)25-10-8-13-35-25/h14-15,24-25,33H,3,5-13,16-17H2,1-2,4H3/b22-15-,26-21-/t24-,25?/m0/s1. The monoisotopic (exact) mass is 536 g/mol. The summed E-state index contributed by atoms with van der Waals surface area (Å²) in [4.78, 5) is 20.1. The summed E-state index contributed by atoms with van der Waals surface area (Å²) in [5.41, 5.74) is 3.97. The molecule has 36 heavy (non-hydrogen) atoms. The van der Waals surface area contributed by atoms with Crippen molar-refractivity contribution >= 4 is 29.1 Å². The fourth-order valence-corrected chi connectivity index (χ4v) is 5.35. The molecule has 0 aliphatic carbocycles. The smallest absolute Gasteiger partial charge is 0.251 e. The number of hydrogen-bond donors (Lipinski definition) is 1. The molecule has 0 radical (unpaired) electrons. The molecule has 0 bridgehead atoms. The fraction of sp³-hybridized carbons (Fsp3) is 0.571. The van der Waals surface area contributed by atoms with Gasteiger partial charge in [0, 0.05) is 40.9 Å².